The van der Waals surface area contributed by atoms with Gasteiger partial charge in [0.25, 0.3) is 0 Å². The number of sulfonamides is 1. The molecule has 1 saturated heterocycles. The minimum Gasteiger partial charge on any atom is -0.355 e. The van der Waals surface area contributed by atoms with Gasteiger partial charge < -0.3 is 5.32 Å². The molecule has 1 heterocycles. The van der Waals surface area contributed by atoms with Crippen molar-refractivity contribution in [2.45, 2.75) is 52.4 Å². The minimum atomic E-state index is -3.53. The molecule has 0 bridgehead atoms. The fourth-order valence-electron chi connectivity index (χ4n) is 3.49. The van der Waals surface area contributed by atoms with E-state index in [4.69, 9.17) is 0 Å². The Morgan fingerprint density at radius 3 is 2.11 bits per heavy atom. The molecule has 0 aliphatic carbocycles. The lowest BCUT2D eigenvalue weighted by atomic mass is 10.0. The first-order chi connectivity index (χ1) is 12.7. The van der Waals surface area contributed by atoms with E-state index in [0.717, 1.165) is 35.1 Å². The number of aryl methyl sites for hydroxylation is 2. The van der Waals surface area contributed by atoms with Crippen LogP contribution in [0.5, 0.6) is 0 Å². The second-order valence-corrected chi connectivity index (χ2v) is 9.35. The molecule has 7 heteroatoms. The Hall–Kier alpha value is -1.44. The maximum Gasteiger partial charge on any atom is 0.243 e. The van der Waals surface area contributed by atoms with E-state index in [1.165, 1.54) is 0 Å². The molecule has 2 rings (SSSR count). The van der Waals surface area contributed by atoms with Crippen molar-refractivity contribution in [3.63, 3.8) is 0 Å². The van der Waals surface area contributed by atoms with Gasteiger partial charge in [0.2, 0.25) is 15.9 Å². The summed E-state index contributed by atoms with van der Waals surface area (Å²) in [6.07, 6.45) is 2.03. The van der Waals surface area contributed by atoms with E-state index in [1.807, 2.05) is 38.7 Å². The maximum absolute atomic E-state index is 13.3. The highest BCUT2D eigenvalue weighted by molar-refractivity contribution is 7.89. The van der Waals surface area contributed by atoms with Crippen LogP contribution in [0.25, 0.3) is 0 Å². The van der Waals surface area contributed by atoms with E-state index in [0.29, 0.717) is 44.2 Å². The number of piperazine rings is 1. The first kappa shape index (κ1) is 21.9. The molecule has 1 aromatic carbocycles. The van der Waals surface area contributed by atoms with Gasteiger partial charge in [-0.3, -0.25) is 9.69 Å². The zero-order valence-corrected chi connectivity index (χ0v) is 18.1. The van der Waals surface area contributed by atoms with E-state index < -0.39 is 10.0 Å². The molecule has 1 N–H and O–H groups in total. The van der Waals surface area contributed by atoms with Gasteiger partial charge in [-0.1, -0.05) is 19.4 Å². The molecule has 27 heavy (non-hydrogen) atoms. The predicted molar refractivity (Wildman–Crippen MR) is 109 cm³/mol. The fraction of sp³-hybridized carbons (Fsp3) is 0.650. The van der Waals surface area contributed by atoms with Gasteiger partial charge in [-0.2, -0.15) is 4.31 Å². The highest BCUT2D eigenvalue weighted by Gasteiger charge is 2.32. The topological polar surface area (TPSA) is 69.7 Å². The van der Waals surface area contributed by atoms with Crippen LogP contribution in [0.1, 0.15) is 42.0 Å². The molecule has 0 radical (unpaired) electrons. The molecule has 0 spiro atoms. The molecule has 1 aliphatic heterocycles. The number of nitrogens with one attached hydrogen (secondary N) is 1. The average molecular weight is 396 g/mol. The molecule has 0 atom stereocenters. The van der Waals surface area contributed by atoms with Crippen molar-refractivity contribution < 1.29 is 13.2 Å². The second-order valence-electron chi connectivity index (χ2n) is 7.47. The van der Waals surface area contributed by atoms with Crippen LogP contribution < -0.4 is 5.32 Å². The normalized spacial score (nSPS) is 16.5. The Morgan fingerprint density at radius 1 is 1.04 bits per heavy atom. The Labute approximate surface area is 164 Å². The summed E-state index contributed by atoms with van der Waals surface area (Å²) in [5.41, 5.74) is 3.66. The molecule has 1 aliphatic rings. The Balaban J connectivity index is 2.05. The Kier molecular flexibility index (Phi) is 7.42. The average Bonchev–Trinajstić information content (AvgIpc) is 2.61. The lowest BCUT2D eigenvalue weighted by Crippen LogP contribution is -2.51. The lowest BCUT2D eigenvalue weighted by Gasteiger charge is -2.34. The Bertz CT molecular complexity index is 756. The van der Waals surface area contributed by atoms with Crippen LogP contribution in [0, 0.1) is 27.7 Å². The fourth-order valence-corrected chi connectivity index (χ4v) is 5.49. The zero-order valence-electron chi connectivity index (χ0n) is 17.3. The number of hydrogen-bond donors (Lipinski definition) is 1. The van der Waals surface area contributed by atoms with Crippen molar-refractivity contribution >= 4 is 15.9 Å². The van der Waals surface area contributed by atoms with Gasteiger partial charge in [-0.25, -0.2) is 8.42 Å². The third kappa shape index (κ3) is 5.09. The van der Waals surface area contributed by atoms with Crippen LogP contribution in [0.15, 0.2) is 11.0 Å². The summed E-state index contributed by atoms with van der Waals surface area (Å²) in [5.74, 6) is 0.0146. The van der Waals surface area contributed by atoms with Crippen molar-refractivity contribution in [2.75, 3.05) is 39.3 Å². The molecule has 152 valence electrons. The molecule has 0 unspecified atom stereocenters. The van der Waals surface area contributed by atoms with Crippen LogP contribution in [0.4, 0.5) is 0 Å². The number of hydrogen-bond acceptors (Lipinski definition) is 4. The third-order valence-corrected chi connectivity index (χ3v) is 7.62. The zero-order chi connectivity index (χ0) is 20.2. The summed E-state index contributed by atoms with van der Waals surface area (Å²) in [6, 6.07) is 2.04. The smallest absolute Gasteiger partial charge is 0.243 e. The number of unbranched alkanes of at least 4 members (excludes halogenated alkanes) is 1. The molecular formula is C20H33N3O3S. The Morgan fingerprint density at radius 2 is 1.59 bits per heavy atom. The van der Waals surface area contributed by atoms with E-state index >= 15 is 0 Å². The predicted octanol–water partition coefficient (Wildman–Crippen LogP) is 2.14. The van der Waals surface area contributed by atoms with Gasteiger partial charge >= 0.3 is 0 Å². The molecule has 1 amide bonds. The minimum absolute atomic E-state index is 0.0146. The van der Waals surface area contributed by atoms with E-state index in [9.17, 15) is 13.2 Å². The second kappa shape index (κ2) is 9.17. The van der Waals surface area contributed by atoms with Crippen LogP contribution in [0.3, 0.4) is 0 Å². The van der Waals surface area contributed by atoms with Crippen molar-refractivity contribution in [3.05, 3.63) is 28.3 Å². The standard InChI is InChI=1S/C20H33N3O3S/c1-6-7-8-21-19(24)14-22-9-11-23(12-10-22)27(25,26)20-17(4)15(2)13-16(3)18(20)5/h13H,6-12,14H2,1-5H3,(H,21,24). The summed E-state index contributed by atoms with van der Waals surface area (Å²) in [7, 11) is -3.53. The van der Waals surface area contributed by atoms with Crippen LogP contribution in [-0.4, -0.2) is 62.8 Å². The highest BCUT2D eigenvalue weighted by atomic mass is 32.2. The van der Waals surface area contributed by atoms with Crippen LogP contribution in [0.2, 0.25) is 0 Å². The first-order valence-electron chi connectivity index (χ1n) is 9.75. The van der Waals surface area contributed by atoms with E-state index in [1.54, 1.807) is 4.31 Å². The van der Waals surface area contributed by atoms with Gasteiger partial charge in [0.1, 0.15) is 0 Å². The molecule has 0 saturated carbocycles. The van der Waals surface area contributed by atoms with Gasteiger partial charge in [0.15, 0.2) is 0 Å². The van der Waals surface area contributed by atoms with Gasteiger partial charge in [-0.05, 0) is 56.4 Å². The molecular weight excluding hydrogens is 362 g/mol. The number of amides is 1. The number of rotatable bonds is 7. The summed E-state index contributed by atoms with van der Waals surface area (Å²) >= 11 is 0. The van der Waals surface area contributed by atoms with Crippen molar-refractivity contribution in [1.29, 1.82) is 0 Å². The molecule has 1 fully saturated rings. The van der Waals surface area contributed by atoms with Crippen molar-refractivity contribution in [3.8, 4) is 0 Å². The van der Waals surface area contributed by atoms with Gasteiger partial charge in [0.05, 0.1) is 11.4 Å². The molecule has 0 aromatic heterocycles. The number of nitrogens with zero attached hydrogens (tertiary/aromatic N) is 2. The van der Waals surface area contributed by atoms with Crippen molar-refractivity contribution in [2.24, 2.45) is 0 Å². The first-order valence-corrected chi connectivity index (χ1v) is 11.2. The highest BCUT2D eigenvalue weighted by Crippen LogP contribution is 2.29. The SMILES string of the molecule is CCCCNC(=O)CN1CCN(S(=O)(=O)c2c(C)c(C)cc(C)c2C)CC1. The van der Waals surface area contributed by atoms with Crippen molar-refractivity contribution in [1.82, 2.24) is 14.5 Å². The van der Waals surface area contributed by atoms with Crippen LogP contribution >= 0.6 is 0 Å². The number of benzene rings is 1. The van der Waals surface area contributed by atoms with Crippen LogP contribution in [-0.2, 0) is 14.8 Å². The number of carbonyl (C=O) groups is 1. The van der Waals surface area contributed by atoms with E-state index in [-0.39, 0.29) is 5.91 Å². The summed E-state index contributed by atoms with van der Waals surface area (Å²) in [4.78, 5) is 14.4. The monoisotopic (exact) mass is 395 g/mol. The van der Waals surface area contributed by atoms with E-state index in [2.05, 4.69) is 12.2 Å². The summed E-state index contributed by atoms with van der Waals surface area (Å²) in [6.45, 7) is 12.8. The third-order valence-electron chi connectivity index (χ3n) is 5.45. The summed E-state index contributed by atoms with van der Waals surface area (Å²) < 4.78 is 28.1. The quantitative estimate of drug-likeness (QED) is 0.718. The number of carbonyl (C=O) groups excluding carboxylic acids is 1. The van der Waals surface area contributed by atoms with Gasteiger partial charge in [-0.15, -0.1) is 0 Å². The lowest BCUT2D eigenvalue weighted by molar-refractivity contribution is -0.122. The summed E-state index contributed by atoms with van der Waals surface area (Å²) in [5, 5.41) is 2.91. The molecule has 6 nitrogen and oxygen atoms in total. The largest absolute Gasteiger partial charge is 0.355 e. The maximum atomic E-state index is 13.3. The molecule has 1 aromatic rings. The van der Waals surface area contributed by atoms with Gasteiger partial charge in [0, 0.05) is 32.7 Å².